The Labute approximate surface area is 153 Å². The minimum atomic E-state index is -0.162. The smallest absolute Gasteiger partial charge is 0.276 e. The third kappa shape index (κ3) is 4.75. The van der Waals surface area contributed by atoms with Crippen LogP contribution in [0.4, 0.5) is 5.69 Å². The van der Waals surface area contributed by atoms with Crippen molar-refractivity contribution in [3.05, 3.63) is 47.8 Å². The predicted octanol–water partition coefficient (Wildman–Crippen LogP) is 3.34. The van der Waals surface area contributed by atoms with Crippen LogP contribution in [-0.4, -0.2) is 35.0 Å². The number of benzene rings is 1. The second-order valence-electron chi connectivity index (χ2n) is 5.77. The molecule has 0 spiro atoms. The Bertz CT molecular complexity index is 653. The number of halogens is 1. The van der Waals surface area contributed by atoms with Crippen LogP contribution >= 0.6 is 24.2 Å². The van der Waals surface area contributed by atoms with Gasteiger partial charge in [-0.3, -0.25) is 9.48 Å². The van der Waals surface area contributed by atoms with Crippen molar-refractivity contribution in [2.45, 2.75) is 24.6 Å². The first kappa shape index (κ1) is 18.8. The summed E-state index contributed by atoms with van der Waals surface area (Å²) in [6.45, 7) is 1.98. The number of rotatable bonds is 5. The molecule has 1 aromatic carbocycles. The Morgan fingerprint density at radius 1 is 1.38 bits per heavy atom. The second kappa shape index (κ2) is 9.11. The lowest BCUT2D eigenvalue weighted by Crippen LogP contribution is -2.32. The van der Waals surface area contributed by atoms with Crippen molar-refractivity contribution in [3.63, 3.8) is 0 Å². The van der Waals surface area contributed by atoms with E-state index in [2.05, 4.69) is 22.0 Å². The van der Waals surface area contributed by atoms with Crippen LogP contribution in [0.1, 0.15) is 34.9 Å². The molecule has 1 unspecified atom stereocenters. The van der Waals surface area contributed by atoms with Gasteiger partial charge in [-0.05, 0) is 49.4 Å². The number of hydrogen-bond donors (Lipinski definition) is 2. The maximum atomic E-state index is 12.3. The van der Waals surface area contributed by atoms with E-state index in [1.54, 1.807) is 17.8 Å². The molecule has 3 rings (SSSR count). The van der Waals surface area contributed by atoms with Gasteiger partial charge >= 0.3 is 0 Å². The van der Waals surface area contributed by atoms with Gasteiger partial charge in [0.15, 0.2) is 5.69 Å². The molecule has 1 aliphatic heterocycles. The monoisotopic (exact) mass is 366 g/mol. The largest absolute Gasteiger partial charge is 0.321 e. The van der Waals surface area contributed by atoms with Gasteiger partial charge in [0.05, 0.1) is 6.04 Å². The molecule has 1 saturated heterocycles. The number of anilines is 1. The third-order valence-electron chi connectivity index (χ3n) is 4.01. The van der Waals surface area contributed by atoms with E-state index in [0.717, 1.165) is 37.4 Å². The molecule has 2 heterocycles. The topological polar surface area (TPSA) is 59.0 Å². The molecule has 130 valence electrons. The molecular weight excluding hydrogens is 344 g/mol. The maximum Gasteiger partial charge on any atom is 0.276 e. The first-order valence-corrected chi connectivity index (χ1v) is 9.31. The fourth-order valence-electron chi connectivity index (χ4n) is 2.77. The normalized spacial score (nSPS) is 17.1. The summed E-state index contributed by atoms with van der Waals surface area (Å²) >= 11 is 1.78. The fraction of sp³-hybridized carbons (Fsp3) is 0.412. The van der Waals surface area contributed by atoms with E-state index in [1.165, 1.54) is 5.56 Å². The first-order chi connectivity index (χ1) is 11.3. The summed E-state index contributed by atoms with van der Waals surface area (Å²) in [5.74, 6) is 0.818. The molecule has 1 fully saturated rings. The SMILES string of the molecule is CSCc1ccc(NC(=O)c2ccn(C3CCCNC3)n2)cc1.Cl. The van der Waals surface area contributed by atoms with Gasteiger partial charge in [-0.2, -0.15) is 16.9 Å². The van der Waals surface area contributed by atoms with Crippen LogP contribution in [0.5, 0.6) is 0 Å². The Hall–Kier alpha value is -1.50. The van der Waals surface area contributed by atoms with E-state index in [-0.39, 0.29) is 18.3 Å². The highest BCUT2D eigenvalue weighted by atomic mass is 35.5. The fourth-order valence-corrected chi connectivity index (χ4v) is 3.29. The van der Waals surface area contributed by atoms with Crippen molar-refractivity contribution in [3.8, 4) is 0 Å². The summed E-state index contributed by atoms with van der Waals surface area (Å²) < 4.78 is 1.91. The molecule has 0 bridgehead atoms. The van der Waals surface area contributed by atoms with Crippen molar-refractivity contribution < 1.29 is 4.79 Å². The Morgan fingerprint density at radius 3 is 2.83 bits per heavy atom. The van der Waals surface area contributed by atoms with Crippen LogP contribution in [-0.2, 0) is 5.75 Å². The number of aromatic nitrogens is 2. The molecule has 5 nitrogen and oxygen atoms in total. The first-order valence-electron chi connectivity index (χ1n) is 7.91. The van der Waals surface area contributed by atoms with E-state index in [4.69, 9.17) is 0 Å². The summed E-state index contributed by atoms with van der Waals surface area (Å²) in [5, 5.41) is 10.7. The van der Waals surface area contributed by atoms with Crippen LogP contribution in [0.2, 0.25) is 0 Å². The van der Waals surface area contributed by atoms with Gasteiger partial charge in [-0.25, -0.2) is 0 Å². The van der Waals surface area contributed by atoms with E-state index in [1.807, 2.05) is 35.1 Å². The van der Waals surface area contributed by atoms with E-state index in [9.17, 15) is 4.79 Å². The van der Waals surface area contributed by atoms with Crippen LogP contribution in [0, 0.1) is 0 Å². The molecule has 1 atom stereocenters. The number of amides is 1. The minimum absolute atomic E-state index is 0. The number of hydrogen-bond acceptors (Lipinski definition) is 4. The second-order valence-corrected chi connectivity index (χ2v) is 6.63. The van der Waals surface area contributed by atoms with Crippen molar-refractivity contribution in [2.75, 3.05) is 24.7 Å². The molecule has 0 radical (unpaired) electrons. The lowest BCUT2D eigenvalue weighted by atomic mass is 10.1. The lowest BCUT2D eigenvalue weighted by Gasteiger charge is -2.22. The zero-order valence-corrected chi connectivity index (χ0v) is 15.3. The Balaban J connectivity index is 0.00000208. The van der Waals surface area contributed by atoms with Gasteiger partial charge in [0.2, 0.25) is 0 Å². The molecule has 1 amide bonds. The summed E-state index contributed by atoms with van der Waals surface area (Å²) in [6, 6.07) is 10.1. The molecule has 2 N–H and O–H groups in total. The zero-order valence-electron chi connectivity index (χ0n) is 13.7. The summed E-state index contributed by atoms with van der Waals surface area (Å²) in [6.07, 6.45) is 6.23. The molecule has 2 aromatic rings. The van der Waals surface area contributed by atoms with E-state index < -0.39 is 0 Å². The summed E-state index contributed by atoms with van der Waals surface area (Å²) in [5.41, 5.74) is 2.52. The van der Waals surface area contributed by atoms with Gasteiger partial charge in [0.25, 0.3) is 5.91 Å². The van der Waals surface area contributed by atoms with Crippen molar-refractivity contribution in [2.24, 2.45) is 0 Å². The van der Waals surface area contributed by atoms with Gasteiger partial charge in [0.1, 0.15) is 0 Å². The van der Waals surface area contributed by atoms with Crippen molar-refractivity contribution >= 4 is 35.8 Å². The van der Waals surface area contributed by atoms with Crippen LogP contribution in [0.25, 0.3) is 0 Å². The number of piperidine rings is 1. The average Bonchev–Trinajstić information content (AvgIpc) is 3.08. The van der Waals surface area contributed by atoms with Crippen LogP contribution in [0.3, 0.4) is 0 Å². The molecule has 0 saturated carbocycles. The summed E-state index contributed by atoms with van der Waals surface area (Å²) in [4.78, 5) is 12.3. The molecule has 1 aliphatic rings. The Kier molecular flexibility index (Phi) is 7.15. The third-order valence-corrected chi connectivity index (χ3v) is 4.63. The highest BCUT2D eigenvalue weighted by molar-refractivity contribution is 7.97. The highest BCUT2D eigenvalue weighted by Gasteiger charge is 2.17. The average molecular weight is 367 g/mol. The predicted molar refractivity (Wildman–Crippen MR) is 102 cm³/mol. The zero-order chi connectivity index (χ0) is 16.1. The van der Waals surface area contributed by atoms with Crippen molar-refractivity contribution in [1.82, 2.24) is 15.1 Å². The van der Waals surface area contributed by atoms with Crippen molar-refractivity contribution in [1.29, 1.82) is 0 Å². The quantitative estimate of drug-likeness (QED) is 0.852. The molecule has 1 aromatic heterocycles. The molecular formula is C17H23ClN4OS. The summed E-state index contributed by atoms with van der Waals surface area (Å²) in [7, 11) is 0. The molecule has 24 heavy (non-hydrogen) atoms. The van der Waals surface area contributed by atoms with E-state index in [0.29, 0.717) is 11.7 Å². The standard InChI is InChI=1S/C17H22N4OS.ClH/c1-23-12-13-4-6-14(7-5-13)19-17(22)16-8-10-21(20-16)15-3-2-9-18-11-15;/h4-8,10,15,18H,2-3,9,11-12H2,1H3,(H,19,22);1H. The minimum Gasteiger partial charge on any atom is -0.321 e. The van der Waals surface area contributed by atoms with Gasteiger partial charge < -0.3 is 10.6 Å². The van der Waals surface area contributed by atoms with Crippen LogP contribution < -0.4 is 10.6 Å². The molecule has 7 heteroatoms. The van der Waals surface area contributed by atoms with Gasteiger partial charge in [-0.1, -0.05) is 12.1 Å². The maximum absolute atomic E-state index is 12.3. The lowest BCUT2D eigenvalue weighted by molar-refractivity contribution is 0.102. The highest BCUT2D eigenvalue weighted by Crippen LogP contribution is 2.17. The Morgan fingerprint density at radius 2 is 2.17 bits per heavy atom. The number of nitrogens with zero attached hydrogens (tertiary/aromatic N) is 2. The van der Waals surface area contributed by atoms with Gasteiger partial charge in [0, 0.05) is 24.2 Å². The number of carbonyl (C=O) groups excluding carboxylic acids is 1. The van der Waals surface area contributed by atoms with E-state index >= 15 is 0 Å². The number of nitrogens with one attached hydrogen (secondary N) is 2. The molecule has 0 aliphatic carbocycles. The number of carbonyl (C=O) groups is 1. The number of thioether (sulfide) groups is 1. The van der Waals surface area contributed by atoms with Crippen LogP contribution in [0.15, 0.2) is 36.5 Å². The van der Waals surface area contributed by atoms with Gasteiger partial charge in [-0.15, -0.1) is 12.4 Å².